The van der Waals surface area contributed by atoms with Crippen molar-refractivity contribution in [3.63, 3.8) is 0 Å². The Kier molecular flexibility index (Phi) is 9.19. The van der Waals surface area contributed by atoms with Gasteiger partial charge in [-0.15, -0.1) is 0 Å². The molecule has 0 aliphatic heterocycles. The maximum atomic E-state index is 13.9. The molecule has 8 nitrogen and oxygen atoms in total. The first kappa shape index (κ1) is 28.4. The van der Waals surface area contributed by atoms with Crippen LogP contribution in [0.2, 0.25) is 0 Å². The van der Waals surface area contributed by atoms with E-state index >= 15 is 0 Å². The summed E-state index contributed by atoms with van der Waals surface area (Å²) in [5, 5.41) is 2.63. The molecule has 0 unspecified atom stereocenters. The molecule has 2 amide bonds. The predicted molar refractivity (Wildman–Crippen MR) is 155 cm³/mol. The lowest BCUT2D eigenvalue weighted by Gasteiger charge is -2.29. The van der Waals surface area contributed by atoms with Gasteiger partial charge in [-0.1, -0.05) is 60.7 Å². The Bertz CT molecular complexity index is 1480. The number of benzene rings is 4. The molecule has 1 N–H and O–H groups in total. The van der Waals surface area contributed by atoms with Crippen LogP contribution in [-0.2, 0) is 32.7 Å². The average Bonchev–Trinajstić information content (AvgIpc) is 2.96. The molecule has 4 rings (SSSR count). The van der Waals surface area contributed by atoms with Crippen LogP contribution in [0.4, 0.5) is 11.4 Å². The minimum Gasteiger partial charge on any atom is -0.497 e. The van der Waals surface area contributed by atoms with Gasteiger partial charge in [0.1, 0.15) is 12.3 Å². The van der Waals surface area contributed by atoms with Crippen molar-refractivity contribution in [2.45, 2.75) is 24.9 Å². The van der Waals surface area contributed by atoms with Crippen LogP contribution < -0.4 is 14.4 Å². The maximum absolute atomic E-state index is 13.9. The summed E-state index contributed by atoms with van der Waals surface area (Å²) < 4.78 is 34.2. The summed E-state index contributed by atoms with van der Waals surface area (Å²) in [6, 6.07) is 31.5. The van der Waals surface area contributed by atoms with Gasteiger partial charge in [0.15, 0.2) is 0 Å². The number of anilines is 2. The first-order valence-electron chi connectivity index (χ1n) is 12.7. The van der Waals surface area contributed by atoms with Crippen molar-refractivity contribution in [3.8, 4) is 5.75 Å². The van der Waals surface area contributed by atoms with Crippen LogP contribution in [0.15, 0.2) is 114 Å². The number of nitrogens with zero attached hydrogens (tertiary/aromatic N) is 2. The zero-order valence-corrected chi connectivity index (χ0v) is 23.2. The van der Waals surface area contributed by atoms with Crippen LogP contribution in [0.25, 0.3) is 0 Å². The number of amides is 2. The van der Waals surface area contributed by atoms with Gasteiger partial charge in [-0.05, 0) is 59.7 Å². The van der Waals surface area contributed by atoms with Crippen molar-refractivity contribution in [3.05, 3.63) is 120 Å². The summed E-state index contributed by atoms with van der Waals surface area (Å²) >= 11 is 0. The molecule has 40 heavy (non-hydrogen) atoms. The third-order valence-corrected chi connectivity index (χ3v) is 7.98. The Balaban J connectivity index is 1.69. The molecule has 0 saturated carbocycles. The van der Waals surface area contributed by atoms with Gasteiger partial charge in [0, 0.05) is 25.7 Å². The average molecular weight is 558 g/mol. The number of nitrogens with one attached hydrogen (secondary N) is 1. The highest BCUT2D eigenvalue weighted by Crippen LogP contribution is 2.27. The van der Waals surface area contributed by atoms with Crippen molar-refractivity contribution in [2.24, 2.45) is 0 Å². The van der Waals surface area contributed by atoms with E-state index in [1.807, 2.05) is 60.7 Å². The molecule has 206 valence electrons. The molecule has 0 aliphatic carbocycles. The van der Waals surface area contributed by atoms with Gasteiger partial charge in [0.05, 0.1) is 17.7 Å². The predicted octanol–water partition coefficient (Wildman–Crippen LogP) is 5.08. The van der Waals surface area contributed by atoms with Crippen LogP contribution in [-0.4, -0.2) is 38.8 Å². The fraction of sp³-hybridized carbons (Fsp3) is 0.161. The SMILES string of the molecule is COc1ccc(N(CC(=O)N(Cc2ccccc2)Cc2ccccc2)S(=O)(=O)c2ccc(NC(C)=O)cc2)cc1. The molecule has 0 fully saturated rings. The lowest BCUT2D eigenvalue weighted by molar-refractivity contribution is -0.130. The minimum atomic E-state index is -4.16. The molecule has 0 heterocycles. The van der Waals surface area contributed by atoms with Crippen LogP contribution in [0.1, 0.15) is 18.1 Å². The topological polar surface area (TPSA) is 96.0 Å². The van der Waals surface area contributed by atoms with E-state index in [1.165, 1.54) is 38.3 Å². The van der Waals surface area contributed by atoms with Crippen LogP contribution >= 0.6 is 0 Å². The highest BCUT2D eigenvalue weighted by Gasteiger charge is 2.29. The van der Waals surface area contributed by atoms with E-state index in [-0.39, 0.29) is 16.7 Å². The fourth-order valence-electron chi connectivity index (χ4n) is 4.17. The number of carbonyl (C=O) groups is 2. The second-order valence-corrected chi connectivity index (χ2v) is 11.0. The molecule has 0 spiro atoms. The van der Waals surface area contributed by atoms with Gasteiger partial charge >= 0.3 is 0 Å². The molecule has 0 saturated heterocycles. The zero-order chi connectivity index (χ0) is 28.5. The Morgan fingerprint density at radius 3 is 1.75 bits per heavy atom. The quantitative estimate of drug-likeness (QED) is 0.278. The number of methoxy groups -OCH3 is 1. The van der Waals surface area contributed by atoms with Gasteiger partial charge < -0.3 is 15.0 Å². The summed E-state index contributed by atoms with van der Waals surface area (Å²) in [7, 11) is -2.64. The number of rotatable bonds is 11. The molecule has 4 aromatic rings. The molecule has 0 aliphatic rings. The molecule has 4 aromatic carbocycles. The van der Waals surface area contributed by atoms with Crippen molar-refractivity contribution >= 4 is 33.2 Å². The summed E-state index contributed by atoms with van der Waals surface area (Å²) in [6.45, 7) is 1.59. The van der Waals surface area contributed by atoms with E-state index in [0.717, 1.165) is 15.4 Å². The number of hydrogen-bond donors (Lipinski definition) is 1. The second-order valence-electron chi connectivity index (χ2n) is 9.14. The van der Waals surface area contributed by atoms with E-state index in [4.69, 9.17) is 4.74 Å². The Morgan fingerprint density at radius 2 is 1.27 bits per heavy atom. The van der Waals surface area contributed by atoms with Crippen LogP contribution in [0.3, 0.4) is 0 Å². The lowest BCUT2D eigenvalue weighted by atomic mass is 10.1. The van der Waals surface area contributed by atoms with Crippen molar-refractivity contribution in [1.29, 1.82) is 0 Å². The number of hydrogen-bond acceptors (Lipinski definition) is 5. The third-order valence-electron chi connectivity index (χ3n) is 6.19. The summed E-state index contributed by atoms with van der Waals surface area (Å²) in [6.07, 6.45) is 0. The molecule has 0 bridgehead atoms. The van der Waals surface area contributed by atoms with E-state index in [1.54, 1.807) is 29.2 Å². The number of sulfonamides is 1. The molecular formula is C31H31N3O5S. The summed E-state index contributed by atoms with van der Waals surface area (Å²) in [5.74, 6) is -0.0678. The molecule has 0 atom stereocenters. The van der Waals surface area contributed by atoms with E-state index in [0.29, 0.717) is 30.2 Å². The monoisotopic (exact) mass is 557 g/mol. The van der Waals surface area contributed by atoms with Gasteiger partial charge in [-0.2, -0.15) is 0 Å². The Morgan fingerprint density at radius 1 is 0.750 bits per heavy atom. The standard InChI is InChI=1S/C31H31N3O5S/c1-24(35)32-27-13-19-30(20-14-27)40(37,38)34(28-15-17-29(39-2)18-16-28)23-31(36)33(21-25-9-5-3-6-10-25)22-26-11-7-4-8-12-26/h3-20H,21-23H2,1-2H3,(H,32,35). The smallest absolute Gasteiger partial charge is 0.264 e. The van der Waals surface area contributed by atoms with Gasteiger partial charge in [-0.3, -0.25) is 13.9 Å². The van der Waals surface area contributed by atoms with Crippen molar-refractivity contribution < 1.29 is 22.7 Å². The van der Waals surface area contributed by atoms with E-state index < -0.39 is 16.6 Å². The first-order valence-corrected chi connectivity index (χ1v) is 14.1. The van der Waals surface area contributed by atoms with Gasteiger partial charge in [0.2, 0.25) is 11.8 Å². The highest BCUT2D eigenvalue weighted by atomic mass is 32.2. The van der Waals surface area contributed by atoms with Crippen LogP contribution in [0, 0.1) is 0 Å². The molecular weight excluding hydrogens is 526 g/mol. The van der Waals surface area contributed by atoms with Crippen LogP contribution in [0.5, 0.6) is 5.75 Å². The molecule has 0 radical (unpaired) electrons. The molecule has 9 heteroatoms. The zero-order valence-electron chi connectivity index (χ0n) is 22.4. The number of ether oxygens (including phenoxy) is 1. The normalized spacial score (nSPS) is 10.9. The largest absolute Gasteiger partial charge is 0.497 e. The maximum Gasteiger partial charge on any atom is 0.264 e. The van der Waals surface area contributed by atoms with E-state index in [2.05, 4.69) is 5.32 Å². The van der Waals surface area contributed by atoms with E-state index in [9.17, 15) is 18.0 Å². The summed E-state index contributed by atoms with van der Waals surface area (Å²) in [4.78, 5) is 26.9. The van der Waals surface area contributed by atoms with Crippen molar-refractivity contribution in [1.82, 2.24) is 4.90 Å². The van der Waals surface area contributed by atoms with Gasteiger partial charge in [-0.25, -0.2) is 8.42 Å². The minimum absolute atomic E-state index is 0.0112. The summed E-state index contributed by atoms with van der Waals surface area (Å²) in [5.41, 5.74) is 2.65. The molecule has 0 aromatic heterocycles. The first-order chi connectivity index (χ1) is 19.3. The Labute approximate surface area is 234 Å². The third kappa shape index (κ3) is 7.27. The van der Waals surface area contributed by atoms with Crippen molar-refractivity contribution in [2.75, 3.05) is 23.3 Å². The highest BCUT2D eigenvalue weighted by molar-refractivity contribution is 7.92. The fourth-order valence-corrected chi connectivity index (χ4v) is 5.58. The van der Waals surface area contributed by atoms with Gasteiger partial charge in [0.25, 0.3) is 10.0 Å². The second kappa shape index (κ2) is 12.9. The number of carbonyl (C=O) groups excluding carboxylic acids is 2. The Hall–Kier alpha value is -4.63. The lowest BCUT2D eigenvalue weighted by Crippen LogP contribution is -2.42.